The predicted octanol–water partition coefficient (Wildman–Crippen LogP) is 1.18. The summed E-state index contributed by atoms with van der Waals surface area (Å²) in [5.41, 5.74) is 0.850. The van der Waals surface area contributed by atoms with Crippen LogP contribution in [0.2, 0.25) is 0 Å². The van der Waals surface area contributed by atoms with Crippen LogP contribution in [0.1, 0.15) is 12.1 Å². The Morgan fingerprint density at radius 3 is 1.67 bits per heavy atom. The molecule has 1 aromatic heterocycles. The molecule has 0 radical (unpaired) electrons. The number of rotatable bonds is 6. The van der Waals surface area contributed by atoms with Crippen molar-refractivity contribution in [2.24, 2.45) is 0 Å². The third-order valence-electron chi connectivity index (χ3n) is 6.31. The number of amides is 1. The number of pyridine rings is 1. The summed E-state index contributed by atoms with van der Waals surface area (Å²) >= 11 is 0. The molecule has 166 valence electrons. The Balaban J connectivity index is 0.00000259. The largest absolute Gasteiger partial charge is 1.00 e. The standard InChI is InChI=1S/C28H26N2OP.BrH/c31-28-27(19-21-30(28)22-23-12-10-11-20-29-23)32(24-13-4-1-5-14-24,25-15-6-2-7-16-25)26-17-8-3-9-18-26;/h1-18,20,27H,19,21-22H2;1H/q+1;/p-1/t27-;/m1./s1. The van der Waals surface area contributed by atoms with E-state index in [2.05, 4.69) is 96.0 Å². The molecule has 3 nitrogen and oxygen atoms in total. The first-order valence-electron chi connectivity index (χ1n) is 11.0. The van der Waals surface area contributed by atoms with Gasteiger partial charge in [0.15, 0.2) is 5.66 Å². The molecule has 1 atom stereocenters. The normalized spacial score (nSPS) is 15.8. The lowest BCUT2D eigenvalue weighted by atomic mass is 10.3. The third-order valence-corrected chi connectivity index (χ3v) is 11.1. The van der Waals surface area contributed by atoms with Gasteiger partial charge in [0, 0.05) is 19.2 Å². The highest BCUT2D eigenvalue weighted by atomic mass is 79.9. The van der Waals surface area contributed by atoms with Crippen LogP contribution >= 0.6 is 7.26 Å². The zero-order valence-corrected chi connectivity index (χ0v) is 20.8. The Labute approximate surface area is 206 Å². The number of benzene rings is 3. The van der Waals surface area contributed by atoms with Gasteiger partial charge in [0.1, 0.15) is 23.2 Å². The van der Waals surface area contributed by atoms with E-state index < -0.39 is 7.26 Å². The number of carbonyl (C=O) groups is 1. The Bertz CT molecular complexity index is 1080. The molecule has 4 aromatic rings. The molecule has 0 aliphatic carbocycles. The van der Waals surface area contributed by atoms with Crippen LogP contribution in [0.3, 0.4) is 0 Å². The van der Waals surface area contributed by atoms with Crippen molar-refractivity contribution in [1.29, 1.82) is 0 Å². The van der Waals surface area contributed by atoms with Gasteiger partial charge in [-0.25, -0.2) is 0 Å². The van der Waals surface area contributed by atoms with Crippen LogP contribution in [0.15, 0.2) is 115 Å². The molecule has 0 unspecified atom stereocenters. The second kappa shape index (κ2) is 10.4. The minimum Gasteiger partial charge on any atom is -1.00 e. The van der Waals surface area contributed by atoms with Gasteiger partial charge in [-0.1, -0.05) is 60.7 Å². The van der Waals surface area contributed by atoms with Crippen molar-refractivity contribution in [2.75, 3.05) is 6.54 Å². The van der Waals surface area contributed by atoms with Gasteiger partial charge >= 0.3 is 0 Å². The van der Waals surface area contributed by atoms with E-state index in [1.807, 2.05) is 23.1 Å². The summed E-state index contributed by atoms with van der Waals surface area (Å²) in [6, 6.07) is 37.9. The average Bonchev–Trinajstić information content (AvgIpc) is 3.22. The maximum Gasteiger partial charge on any atom is 0.264 e. The van der Waals surface area contributed by atoms with Crippen molar-refractivity contribution in [3.05, 3.63) is 121 Å². The Morgan fingerprint density at radius 2 is 1.21 bits per heavy atom. The minimum atomic E-state index is -2.21. The van der Waals surface area contributed by atoms with Crippen molar-refractivity contribution in [2.45, 2.75) is 18.6 Å². The van der Waals surface area contributed by atoms with Crippen LogP contribution in [0.25, 0.3) is 0 Å². The molecule has 5 rings (SSSR count). The molecule has 33 heavy (non-hydrogen) atoms. The summed E-state index contributed by atoms with van der Waals surface area (Å²) in [4.78, 5) is 20.5. The summed E-state index contributed by atoms with van der Waals surface area (Å²) in [7, 11) is -2.21. The molecule has 1 fully saturated rings. The lowest BCUT2D eigenvalue weighted by Gasteiger charge is -2.32. The van der Waals surface area contributed by atoms with Crippen LogP contribution in [0.5, 0.6) is 0 Å². The smallest absolute Gasteiger partial charge is 0.264 e. The van der Waals surface area contributed by atoms with Crippen LogP contribution in [-0.2, 0) is 11.3 Å². The van der Waals surface area contributed by atoms with Crippen LogP contribution in [0, 0.1) is 0 Å². The fourth-order valence-electron chi connectivity index (χ4n) is 4.90. The minimum absolute atomic E-state index is 0. The SMILES string of the molecule is O=C1[C@H]([P+](c2ccccc2)(c2ccccc2)c2ccccc2)CCN1Cc1ccccn1.[Br-]. The Kier molecular flexibility index (Phi) is 7.37. The molecule has 1 aliphatic rings. The van der Waals surface area contributed by atoms with Crippen LogP contribution in [-0.4, -0.2) is 28.0 Å². The first-order chi connectivity index (χ1) is 15.8. The first-order valence-corrected chi connectivity index (χ1v) is 12.9. The van der Waals surface area contributed by atoms with E-state index >= 15 is 0 Å². The quantitative estimate of drug-likeness (QED) is 0.360. The van der Waals surface area contributed by atoms with Gasteiger partial charge in [0.25, 0.3) is 5.91 Å². The molecule has 1 amide bonds. The Morgan fingerprint density at radius 1 is 0.727 bits per heavy atom. The van der Waals surface area contributed by atoms with Crippen molar-refractivity contribution in [1.82, 2.24) is 9.88 Å². The maximum absolute atomic E-state index is 14.0. The van der Waals surface area contributed by atoms with Gasteiger partial charge in [-0.2, -0.15) is 0 Å². The second-order valence-electron chi connectivity index (χ2n) is 8.11. The van der Waals surface area contributed by atoms with E-state index in [0.29, 0.717) is 6.54 Å². The summed E-state index contributed by atoms with van der Waals surface area (Å²) in [6.45, 7) is 1.32. The molecule has 0 spiro atoms. The highest BCUT2D eigenvalue weighted by Crippen LogP contribution is 2.62. The summed E-state index contributed by atoms with van der Waals surface area (Å²) in [5.74, 6) is 0.237. The number of carbonyl (C=O) groups excluding carboxylic acids is 1. The fraction of sp³-hybridized carbons (Fsp3) is 0.143. The highest BCUT2D eigenvalue weighted by Gasteiger charge is 2.58. The topological polar surface area (TPSA) is 33.2 Å². The molecule has 0 saturated carbocycles. The van der Waals surface area contributed by atoms with Crippen LogP contribution < -0.4 is 32.9 Å². The van der Waals surface area contributed by atoms with Crippen LogP contribution in [0.4, 0.5) is 0 Å². The average molecular weight is 517 g/mol. The van der Waals surface area contributed by atoms with Gasteiger partial charge in [-0.15, -0.1) is 0 Å². The molecule has 1 aliphatic heterocycles. The van der Waals surface area contributed by atoms with Crippen molar-refractivity contribution < 1.29 is 21.8 Å². The van der Waals surface area contributed by atoms with E-state index in [1.54, 1.807) is 6.20 Å². The Hall–Kier alpha value is -2.81. The molecule has 0 bridgehead atoms. The second-order valence-corrected chi connectivity index (χ2v) is 11.7. The van der Waals surface area contributed by atoms with E-state index in [4.69, 9.17) is 0 Å². The first kappa shape index (κ1) is 23.4. The fourth-order valence-corrected chi connectivity index (χ4v) is 9.80. The van der Waals surface area contributed by atoms with Crippen molar-refractivity contribution in [3.8, 4) is 0 Å². The van der Waals surface area contributed by atoms with E-state index in [0.717, 1.165) is 18.7 Å². The number of halogens is 1. The summed E-state index contributed by atoms with van der Waals surface area (Å²) < 4.78 is 0. The summed E-state index contributed by atoms with van der Waals surface area (Å²) in [5, 5.41) is 3.78. The van der Waals surface area contributed by atoms with Gasteiger partial charge in [0.2, 0.25) is 0 Å². The molecular weight excluding hydrogens is 491 g/mol. The number of nitrogens with zero attached hydrogens (tertiary/aromatic N) is 2. The molecule has 5 heteroatoms. The van der Waals surface area contributed by atoms with Crippen molar-refractivity contribution in [3.63, 3.8) is 0 Å². The zero-order chi connectivity index (χ0) is 21.8. The van der Waals surface area contributed by atoms with E-state index in [1.165, 1.54) is 15.9 Å². The molecule has 3 aromatic carbocycles. The lowest BCUT2D eigenvalue weighted by Crippen LogP contribution is -3.00. The maximum atomic E-state index is 14.0. The number of hydrogen-bond acceptors (Lipinski definition) is 2. The van der Waals surface area contributed by atoms with Gasteiger partial charge in [-0.3, -0.25) is 9.78 Å². The number of aromatic nitrogens is 1. The van der Waals surface area contributed by atoms with E-state index in [-0.39, 0.29) is 28.5 Å². The number of hydrogen-bond donors (Lipinski definition) is 0. The number of likely N-dealkylation sites (tertiary alicyclic amines) is 1. The third kappa shape index (κ3) is 4.38. The predicted molar refractivity (Wildman–Crippen MR) is 133 cm³/mol. The molecule has 1 saturated heterocycles. The van der Waals surface area contributed by atoms with Gasteiger partial charge in [-0.05, 0) is 48.5 Å². The summed E-state index contributed by atoms with van der Waals surface area (Å²) in [6.07, 6.45) is 2.64. The molecular formula is C28H26BrN2OP. The van der Waals surface area contributed by atoms with Crippen molar-refractivity contribution >= 4 is 29.1 Å². The lowest BCUT2D eigenvalue weighted by molar-refractivity contribution is -0.127. The van der Waals surface area contributed by atoms with Gasteiger partial charge in [0.05, 0.1) is 12.2 Å². The highest BCUT2D eigenvalue weighted by molar-refractivity contribution is 7.96. The zero-order valence-electron chi connectivity index (χ0n) is 18.3. The monoisotopic (exact) mass is 516 g/mol. The van der Waals surface area contributed by atoms with E-state index in [9.17, 15) is 4.79 Å². The molecule has 2 heterocycles. The van der Waals surface area contributed by atoms with Gasteiger partial charge < -0.3 is 21.9 Å². The molecule has 0 N–H and O–H groups in total.